The lowest BCUT2D eigenvalue weighted by Crippen LogP contribution is -2.37. The minimum atomic E-state index is -3.01. The van der Waals surface area contributed by atoms with Gasteiger partial charge in [0.1, 0.15) is 0 Å². The van der Waals surface area contributed by atoms with E-state index in [0.717, 1.165) is 0 Å². The van der Waals surface area contributed by atoms with Gasteiger partial charge in [0, 0.05) is 24.4 Å². The van der Waals surface area contributed by atoms with Crippen LogP contribution in [0.1, 0.15) is 48.3 Å². The maximum Gasteiger partial charge on any atom is 0.387 e. The summed E-state index contributed by atoms with van der Waals surface area (Å²) >= 11 is 0. The van der Waals surface area contributed by atoms with Crippen molar-refractivity contribution in [1.82, 2.24) is 20.8 Å². The quantitative estimate of drug-likeness (QED) is 0.530. The van der Waals surface area contributed by atoms with Gasteiger partial charge in [-0.05, 0) is 24.6 Å². The number of hydrogen-bond donors (Lipinski definition) is 2. The van der Waals surface area contributed by atoms with Gasteiger partial charge in [0.15, 0.2) is 17.3 Å². The van der Waals surface area contributed by atoms with Crippen molar-refractivity contribution < 1.29 is 32.4 Å². The normalized spacial score (nSPS) is 10.9. The highest BCUT2D eigenvalue weighted by Gasteiger charge is 2.15. The van der Waals surface area contributed by atoms with Gasteiger partial charge in [0.05, 0.1) is 13.7 Å². The van der Waals surface area contributed by atoms with E-state index in [2.05, 4.69) is 25.5 Å². The minimum absolute atomic E-state index is 0.0194. The largest absolute Gasteiger partial charge is 0.493 e. The van der Waals surface area contributed by atoms with Gasteiger partial charge in [0.25, 0.3) is 5.91 Å². The number of nitrogens with zero attached hydrogens (tertiary/aromatic N) is 2. The summed E-state index contributed by atoms with van der Waals surface area (Å²) < 4.78 is 39.1. The fourth-order valence-electron chi connectivity index (χ4n) is 2.40. The zero-order valence-corrected chi connectivity index (χ0v) is 16.9. The monoisotopic (exact) mass is 426 g/mol. The first kappa shape index (κ1) is 23.0. The first-order chi connectivity index (χ1) is 14.3. The van der Waals surface area contributed by atoms with E-state index < -0.39 is 12.5 Å². The number of hydrogen-bond acceptors (Lipinski definition) is 7. The van der Waals surface area contributed by atoms with E-state index in [-0.39, 0.29) is 35.4 Å². The van der Waals surface area contributed by atoms with Gasteiger partial charge < -0.3 is 24.6 Å². The molecule has 2 aromatic rings. The number of methoxy groups -OCH3 is 1. The molecule has 1 aromatic heterocycles. The van der Waals surface area contributed by atoms with E-state index in [1.165, 1.54) is 25.3 Å². The average Bonchev–Trinajstić information content (AvgIpc) is 3.18. The molecule has 11 heteroatoms. The standard InChI is InChI=1S/C19H24F2N4O5/c1-11(2)17-24-16(30-25-17)5-4-8-22-15(26)10-23-18(27)12-6-7-13(29-19(20)21)14(9-12)28-3/h6-7,9,11,19H,4-5,8,10H2,1-3H3,(H,22,26)(H,23,27). The highest BCUT2D eigenvalue weighted by Crippen LogP contribution is 2.29. The molecule has 0 aliphatic carbocycles. The molecule has 30 heavy (non-hydrogen) atoms. The van der Waals surface area contributed by atoms with Crippen molar-refractivity contribution in [3.63, 3.8) is 0 Å². The molecule has 2 amide bonds. The maximum atomic E-state index is 12.3. The van der Waals surface area contributed by atoms with Crippen LogP contribution in [0.2, 0.25) is 0 Å². The van der Waals surface area contributed by atoms with Crippen molar-refractivity contribution in [1.29, 1.82) is 0 Å². The molecule has 0 unspecified atom stereocenters. The zero-order chi connectivity index (χ0) is 22.1. The van der Waals surface area contributed by atoms with Crippen LogP contribution in [-0.2, 0) is 11.2 Å². The smallest absolute Gasteiger partial charge is 0.387 e. The summed E-state index contributed by atoms with van der Waals surface area (Å²) in [5.41, 5.74) is 0.138. The van der Waals surface area contributed by atoms with E-state index >= 15 is 0 Å². The van der Waals surface area contributed by atoms with E-state index in [9.17, 15) is 18.4 Å². The number of aryl methyl sites for hydroxylation is 1. The van der Waals surface area contributed by atoms with Crippen molar-refractivity contribution in [3.05, 3.63) is 35.5 Å². The Labute approximate surface area is 172 Å². The number of rotatable bonds is 11. The summed E-state index contributed by atoms with van der Waals surface area (Å²) in [6, 6.07) is 3.74. The third-order valence-electron chi connectivity index (χ3n) is 3.94. The Morgan fingerprint density at radius 3 is 2.60 bits per heavy atom. The number of amides is 2. The fraction of sp³-hybridized carbons (Fsp3) is 0.474. The second kappa shape index (κ2) is 11.1. The Kier molecular flexibility index (Phi) is 8.51. The molecule has 164 valence electrons. The van der Waals surface area contributed by atoms with Crippen molar-refractivity contribution in [2.45, 2.75) is 39.2 Å². The van der Waals surface area contributed by atoms with Gasteiger partial charge in [-0.3, -0.25) is 9.59 Å². The molecule has 0 bridgehead atoms. The average molecular weight is 426 g/mol. The molecular weight excluding hydrogens is 402 g/mol. The molecule has 0 saturated heterocycles. The van der Waals surface area contributed by atoms with Gasteiger partial charge in [-0.2, -0.15) is 13.8 Å². The summed E-state index contributed by atoms with van der Waals surface area (Å²) in [4.78, 5) is 28.3. The second-order valence-electron chi connectivity index (χ2n) is 6.58. The number of nitrogens with one attached hydrogen (secondary N) is 2. The Balaban J connectivity index is 1.74. The SMILES string of the molecule is COc1cc(C(=O)NCC(=O)NCCCc2nc(C(C)C)no2)ccc1OC(F)F. The van der Waals surface area contributed by atoms with Crippen LogP contribution in [0.3, 0.4) is 0 Å². The van der Waals surface area contributed by atoms with Gasteiger partial charge in [-0.1, -0.05) is 19.0 Å². The predicted molar refractivity (Wildman–Crippen MR) is 102 cm³/mol. The summed E-state index contributed by atoms with van der Waals surface area (Å²) in [6.07, 6.45) is 1.13. The predicted octanol–water partition coefficient (Wildman–Crippen LogP) is 2.28. The minimum Gasteiger partial charge on any atom is -0.493 e. The zero-order valence-electron chi connectivity index (χ0n) is 16.9. The van der Waals surface area contributed by atoms with Gasteiger partial charge >= 0.3 is 6.61 Å². The van der Waals surface area contributed by atoms with Crippen LogP contribution in [0.15, 0.2) is 22.7 Å². The molecule has 0 spiro atoms. The van der Waals surface area contributed by atoms with Gasteiger partial charge in [0.2, 0.25) is 11.8 Å². The topological polar surface area (TPSA) is 116 Å². The van der Waals surface area contributed by atoms with Crippen LogP contribution < -0.4 is 20.1 Å². The van der Waals surface area contributed by atoms with Crippen molar-refractivity contribution in [2.24, 2.45) is 0 Å². The van der Waals surface area contributed by atoms with Crippen LogP contribution in [-0.4, -0.2) is 48.8 Å². The van der Waals surface area contributed by atoms with Crippen LogP contribution >= 0.6 is 0 Å². The maximum absolute atomic E-state index is 12.3. The third kappa shape index (κ3) is 6.98. The molecule has 9 nitrogen and oxygen atoms in total. The van der Waals surface area contributed by atoms with E-state index in [4.69, 9.17) is 9.26 Å². The highest BCUT2D eigenvalue weighted by molar-refractivity contribution is 5.97. The Morgan fingerprint density at radius 2 is 1.97 bits per heavy atom. The van der Waals surface area contributed by atoms with Crippen LogP contribution in [0, 0.1) is 0 Å². The molecule has 1 aromatic carbocycles. The Morgan fingerprint density at radius 1 is 1.20 bits per heavy atom. The van der Waals surface area contributed by atoms with Gasteiger partial charge in [-0.15, -0.1) is 0 Å². The molecule has 0 radical (unpaired) electrons. The van der Waals surface area contributed by atoms with Gasteiger partial charge in [-0.25, -0.2) is 0 Å². The number of ether oxygens (including phenoxy) is 2. The van der Waals surface area contributed by atoms with Crippen LogP contribution in [0.25, 0.3) is 0 Å². The molecule has 0 fully saturated rings. The van der Waals surface area contributed by atoms with Crippen LogP contribution in [0.5, 0.6) is 11.5 Å². The summed E-state index contributed by atoms with van der Waals surface area (Å²) in [5, 5.41) is 8.98. The number of carbonyl (C=O) groups excluding carboxylic acids is 2. The van der Waals surface area contributed by atoms with E-state index in [1.54, 1.807) is 0 Å². The molecular formula is C19H24F2N4O5. The Bertz CT molecular complexity index is 857. The molecule has 2 N–H and O–H groups in total. The number of alkyl halides is 2. The molecule has 1 heterocycles. The molecule has 2 rings (SSSR count). The molecule has 0 aliphatic heterocycles. The Hall–Kier alpha value is -3.24. The summed E-state index contributed by atoms with van der Waals surface area (Å²) in [6.45, 7) is 1.05. The summed E-state index contributed by atoms with van der Waals surface area (Å²) in [5.74, 6) is 0.188. The number of carbonyl (C=O) groups is 2. The molecule has 0 atom stereocenters. The first-order valence-corrected chi connectivity index (χ1v) is 9.30. The third-order valence-corrected chi connectivity index (χ3v) is 3.94. The highest BCUT2D eigenvalue weighted by atomic mass is 19.3. The van der Waals surface area contributed by atoms with E-state index in [0.29, 0.717) is 31.1 Å². The number of benzene rings is 1. The fourth-order valence-corrected chi connectivity index (χ4v) is 2.40. The first-order valence-electron chi connectivity index (χ1n) is 9.30. The van der Waals surface area contributed by atoms with Crippen molar-refractivity contribution in [3.8, 4) is 11.5 Å². The van der Waals surface area contributed by atoms with Crippen molar-refractivity contribution >= 4 is 11.8 Å². The molecule has 0 aliphatic rings. The molecule has 0 saturated carbocycles. The number of halogens is 2. The lowest BCUT2D eigenvalue weighted by atomic mass is 10.2. The number of aromatic nitrogens is 2. The second-order valence-corrected chi connectivity index (χ2v) is 6.58. The lowest BCUT2D eigenvalue weighted by molar-refractivity contribution is -0.120. The van der Waals surface area contributed by atoms with Crippen LogP contribution in [0.4, 0.5) is 8.78 Å². The lowest BCUT2D eigenvalue weighted by Gasteiger charge is -2.11. The van der Waals surface area contributed by atoms with E-state index in [1.807, 2.05) is 13.8 Å². The summed E-state index contributed by atoms with van der Waals surface area (Å²) in [7, 11) is 1.26. The van der Waals surface area contributed by atoms with Crippen molar-refractivity contribution in [2.75, 3.05) is 20.2 Å².